The standard InChI is InChI=1S/C25H36N4O8.C3H6O2.C2H4O2/c1-15(2)23(29-21(32)14-27-24(35)20(12-22(33)34)28-16(3)30)25(36)26-13-18(31)7-5-6-17-8-10-19(37-4)11-9-17;1-2-3(4)5;1-2(3)4/h8-11,15,20,23H,5-7,12-14H2,1-4H3,(H,26,36)(H,27,35)(H,28,30)(H,29,32)(H,33,34);2H2,1H3,(H,4,5);1H3,(H,3,4)/t20-,23?;;/m0../s1. The predicted octanol–water partition coefficient (Wildman–Crippen LogP) is 0.512. The Morgan fingerprint density at radius 2 is 1.33 bits per heavy atom. The number of nitrogens with one attached hydrogen (secondary N) is 4. The van der Waals surface area contributed by atoms with Crippen LogP contribution >= 0.6 is 0 Å². The fraction of sp³-hybridized carbons (Fsp3) is 0.533. The Kier molecular flexibility index (Phi) is 22.8. The third-order valence-corrected chi connectivity index (χ3v) is 5.60. The molecule has 0 heterocycles. The van der Waals surface area contributed by atoms with Crippen molar-refractivity contribution in [2.75, 3.05) is 20.2 Å². The van der Waals surface area contributed by atoms with Gasteiger partial charge in [0.05, 0.1) is 26.6 Å². The highest BCUT2D eigenvalue weighted by Gasteiger charge is 2.26. The fourth-order valence-corrected chi connectivity index (χ4v) is 3.35. The van der Waals surface area contributed by atoms with E-state index in [1.165, 1.54) is 0 Å². The number of carboxylic acid groups (broad SMARTS) is 3. The van der Waals surface area contributed by atoms with Gasteiger partial charge in [-0.2, -0.15) is 0 Å². The second-order valence-corrected chi connectivity index (χ2v) is 10.1. The van der Waals surface area contributed by atoms with Crippen LogP contribution in [0.25, 0.3) is 0 Å². The molecule has 0 bridgehead atoms. The number of Topliss-reactive ketones (excluding diaryl/α,β-unsaturated/α-hetero) is 1. The molecule has 1 aromatic rings. The summed E-state index contributed by atoms with van der Waals surface area (Å²) in [5, 5.41) is 33.5. The summed E-state index contributed by atoms with van der Waals surface area (Å²) in [5.74, 6) is -5.27. The predicted molar refractivity (Wildman–Crippen MR) is 165 cm³/mol. The Labute approximate surface area is 267 Å². The Hall–Kier alpha value is -5.02. The maximum Gasteiger partial charge on any atom is 0.305 e. The van der Waals surface area contributed by atoms with Crippen molar-refractivity contribution in [3.63, 3.8) is 0 Å². The SMILES string of the molecule is CC(=O)O.CCC(=O)O.COc1ccc(CCCC(=O)CNC(=O)C(NC(=O)CNC(=O)[C@H](CC(=O)O)NC(C)=O)C(C)C)cc1. The molecule has 0 spiro atoms. The van der Waals surface area contributed by atoms with Crippen LogP contribution in [0.4, 0.5) is 0 Å². The molecule has 1 unspecified atom stereocenters. The van der Waals surface area contributed by atoms with E-state index in [4.69, 9.17) is 24.9 Å². The lowest BCUT2D eigenvalue weighted by atomic mass is 10.0. The summed E-state index contributed by atoms with van der Waals surface area (Å²) >= 11 is 0. The van der Waals surface area contributed by atoms with E-state index < -0.39 is 66.6 Å². The van der Waals surface area contributed by atoms with E-state index in [9.17, 15) is 33.6 Å². The van der Waals surface area contributed by atoms with Gasteiger partial charge in [-0.05, 0) is 36.5 Å². The Morgan fingerprint density at radius 1 is 0.804 bits per heavy atom. The summed E-state index contributed by atoms with van der Waals surface area (Å²) < 4.78 is 5.11. The normalized spacial score (nSPS) is 11.1. The zero-order valence-corrected chi connectivity index (χ0v) is 27.0. The van der Waals surface area contributed by atoms with Crippen molar-refractivity contribution in [3.8, 4) is 5.75 Å². The first-order valence-electron chi connectivity index (χ1n) is 14.3. The maximum atomic E-state index is 12.6. The average molecular weight is 655 g/mol. The van der Waals surface area contributed by atoms with Crippen molar-refractivity contribution < 1.29 is 58.4 Å². The number of carboxylic acids is 3. The minimum absolute atomic E-state index is 0.148. The van der Waals surface area contributed by atoms with Gasteiger partial charge in [0.25, 0.3) is 5.97 Å². The summed E-state index contributed by atoms with van der Waals surface area (Å²) in [4.78, 5) is 89.7. The molecule has 0 aliphatic rings. The zero-order valence-electron chi connectivity index (χ0n) is 27.0. The number of hydrogen-bond acceptors (Lipinski definition) is 9. The number of ether oxygens (including phenoxy) is 1. The number of carbonyl (C=O) groups excluding carboxylic acids is 5. The van der Waals surface area contributed by atoms with Crippen molar-refractivity contribution in [1.29, 1.82) is 0 Å². The highest BCUT2D eigenvalue weighted by Crippen LogP contribution is 2.13. The number of aryl methyl sites for hydroxylation is 1. The molecule has 0 fully saturated rings. The molecule has 0 aliphatic carbocycles. The highest BCUT2D eigenvalue weighted by molar-refractivity contribution is 5.94. The van der Waals surface area contributed by atoms with Gasteiger partial charge < -0.3 is 41.3 Å². The zero-order chi connectivity index (χ0) is 35.8. The van der Waals surface area contributed by atoms with Crippen LogP contribution in [-0.2, 0) is 44.8 Å². The van der Waals surface area contributed by atoms with E-state index in [1.54, 1.807) is 27.9 Å². The second-order valence-electron chi connectivity index (χ2n) is 10.1. The number of carbonyl (C=O) groups is 8. The van der Waals surface area contributed by atoms with E-state index in [-0.39, 0.29) is 31.1 Å². The highest BCUT2D eigenvalue weighted by atomic mass is 16.5. The van der Waals surface area contributed by atoms with Gasteiger partial charge in [0.1, 0.15) is 17.8 Å². The third kappa shape index (κ3) is 23.4. The van der Waals surface area contributed by atoms with Crippen molar-refractivity contribution in [1.82, 2.24) is 21.3 Å². The molecule has 46 heavy (non-hydrogen) atoms. The molecule has 2 atom stereocenters. The van der Waals surface area contributed by atoms with E-state index in [1.807, 2.05) is 24.3 Å². The molecular weight excluding hydrogens is 608 g/mol. The second kappa shape index (κ2) is 24.3. The van der Waals surface area contributed by atoms with Crippen LogP contribution in [0, 0.1) is 5.92 Å². The van der Waals surface area contributed by atoms with Gasteiger partial charge in [-0.15, -0.1) is 0 Å². The molecular formula is C30H46N4O12. The molecule has 0 saturated heterocycles. The molecule has 0 radical (unpaired) electrons. The van der Waals surface area contributed by atoms with E-state index in [0.29, 0.717) is 12.8 Å². The molecule has 1 aromatic carbocycles. The minimum atomic E-state index is -1.34. The van der Waals surface area contributed by atoms with Crippen molar-refractivity contribution in [3.05, 3.63) is 29.8 Å². The van der Waals surface area contributed by atoms with Crippen LogP contribution < -0.4 is 26.0 Å². The van der Waals surface area contributed by atoms with E-state index in [0.717, 1.165) is 25.2 Å². The first kappa shape index (κ1) is 43.1. The van der Waals surface area contributed by atoms with Crippen LogP contribution in [0.1, 0.15) is 65.9 Å². The number of methoxy groups -OCH3 is 1. The molecule has 1 rings (SSSR count). The van der Waals surface area contributed by atoms with Gasteiger partial charge >= 0.3 is 11.9 Å². The number of hydrogen-bond donors (Lipinski definition) is 7. The number of ketones is 1. The molecule has 258 valence electrons. The van der Waals surface area contributed by atoms with E-state index >= 15 is 0 Å². The topological polar surface area (TPSA) is 255 Å². The van der Waals surface area contributed by atoms with Crippen molar-refractivity contribution >= 4 is 47.3 Å². The molecule has 4 amide bonds. The monoisotopic (exact) mass is 654 g/mol. The maximum absolute atomic E-state index is 12.6. The number of aliphatic carboxylic acids is 3. The number of benzene rings is 1. The molecule has 0 saturated carbocycles. The van der Waals surface area contributed by atoms with Crippen molar-refractivity contribution in [2.24, 2.45) is 5.92 Å². The number of rotatable bonds is 17. The van der Waals surface area contributed by atoms with Gasteiger partial charge in [0.15, 0.2) is 5.78 Å². The van der Waals surface area contributed by atoms with Gasteiger partial charge in [-0.25, -0.2) is 0 Å². The van der Waals surface area contributed by atoms with Gasteiger partial charge in [0.2, 0.25) is 23.6 Å². The van der Waals surface area contributed by atoms with Crippen LogP contribution in [-0.4, -0.2) is 94.9 Å². The third-order valence-electron chi connectivity index (χ3n) is 5.60. The smallest absolute Gasteiger partial charge is 0.305 e. The molecule has 0 aromatic heterocycles. The molecule has 16 heteroatoms. The lowest BCUT2D eigenvalue weighted by Gasteiger charge is -2.22. The summed E-state index contributed by atoms with van der Waals surface area (Å²) in [7, 11) is 1.59. The van der Waals surface area contributed by atoms with Crippen LogP contribution in [0.15, 0.2) is 24.3 Å². The minimum Gasteiger partial charge on any atom is -0.497 e. The summed E-state index contributed by atoms with van der Waals surface area (Å²) in [6.45, 7) is 6.52. The van der Waals surface area contributed by atoms with E-state index in [2.05, 4.69) is 21.3 Å². The summed E-state index contributed by atoms with van der Waals surface area (Å²) in [5.41, 5.74) is 1.07. The molecule has 0 aliphatic heterocycles. The van der Waals surface area contributed by atoms with Gasteiger partial charge in [-0.1, -0.05) is 32.9 Å². The van der Waals surface area contributed by atoms with Crippen molar-refractivity contribution in [2.45, 2.75) is 78.8 Å². The fourth-order valence-electron chi connectivity index (χ4n) is 3.35. The van der Waals surface area contributed by atoms with Crippen LogP contribution in [0.3, 0.4) is 0 Å². The molecule has 16 nitrogen and oxygen atoms in total. The van der Waals surface area contributed by atoms with Gasteiger partial charge in [-0.3, -0.25) is 38.4 Å². The van der Waals surface area contributed by atoms with Gasteiger partial charge in [0, 0.05) is 26.7 Å². The number of amides is 4. The summed E-state index contributed by atoms with van der Waals surface area (Å²) in [6, 6.07) is 5.25. The Balaban J connectivity index is 0. The Bertz CT molecular complexity index is 1150. The summed E-state index contributed by atoms with van der Waals surface area (Å²) in [6.07, 6.45) is 1.17. The van der Waals surface area contributed by atoms with Crippen LogP contribution in [0.5, 0.6) is 5.75 Å². The molecule has 7 N–H and O–H groups in total. The average Bonchev–Trinajstić information content (AvgIpc) is 2.96. The largest absolute Gasteiger partial charge is 0.497 e. The first-order chi connectivity index (χ1) is 21.4. The van der Waals surface area contributed by atoms with Crippen LogP contribution in [0.2, 0.25) is 0 Å². The first-order valence-corrected chi connectivity index (χ1v) is 14.3. The quantitative estimate of drug-likeness (QED) is 0.121. The lowest BCUT2D eigenvalue weighted by molar-refractivity contribution is -0.140. The lowest BCUT2D eigenvalue weighted by Crippen LogP contribution is -2.54. The Morgan fingerprint density at radius 3 is 1.76 bits per heavy atom.